The summed E-state index contributed by atoms with van der Waals surface area (Å²) in [6.45, 7) is 8.01. The fourth-order valence-corrected chi connectivity index (χ4v) is 2.50. The number of piperazine rings is 1. The van der Waals surface area contributed by atoms with Crippen LogP contribution in [0.3, 0.4) is 0 Å². The van der Waals surface area contributed by atoms with Crippen LogP contribution in [0.5, 0.6) is 5.75 Å². The molecule has 0 saturated carbocycles. The molecule has 1 aromatic heterocycles. The molecule has 5 nitrogen and oxygen atoms in total. The number of hydrogen-bond acceptors (Lipinski definition) is 5. The second-order valence-electron chi connectivity index (χ2n) is 5.28. The van der Waals surface area contributed by atoms with Gasteiger partial charge in [-0.05, 0) is 26.0 Å². The minimum Gasteiger partial charge on any atom is -0.491 e. The number of anilines is 1. The standard InChI is InChI=1S/C15H20N4O/c1-11(2)20-12-3-4-13-14(9-12)17-10-18-15(13)19-7-5-16-6-8-19/h3-4,9-11,16H,5-8H2,1-2H3. The Morgan fingerprint density at radius 1 is 1.20 bits per heavy atom. The van der Waals surface area contributed by atoms with E-state index < -0.39 is 0 Å². The van der Waals surface area contributed by atoms with Gasteiger partial charge in [0.1, 0.15) is 17.9 Å². The zero-order valence-electron chi connectivity index (χ0n) is 12.0. The number of hydrogen-bond donors (Lipinski definition) is 1. The summed E-state index contributed by atoms with van der Waals surface area (Å²) in [4.78, 5) is 11.1. The Hall–Kier alpha value is -1.88. The molecule has 106 valence electrons. The molecule has 1 aliphatic rings. The third-order valence-corrected chi connectivity index (χ3v) is 3.38. The van der Waals surface area contributed by atoms with Crippen molar-refractivity contribution in [3.63, 3.8) is 0 Å². The fraction of sp³-hybridized carbons (Fsp3) is 0.467. The van der Waals surface area contributed by atoms with Crippen LogP contribution in [0.15, 0.2) is 24.5 Å². The van der Waals surface area contributed by atoms with Gasteiger partial charge in [-0.3, -0.25) is 0 Å². The van der Waals surface area contributed by atoms with Crippen molar-refractivity contribution < 1.29 is 4.74 Å². The van der Waals surface area contributed by atoms with Crippen LogP contribution < -0.4 is 15.0 Å². The molecule has 2 heterocycles. The van der Waals surface area contributed by atoms with Crippen LogP contribution in [0.4, 0.5) is 5.82 Å². The van der Waals surface area contributed by atoms with Gasteiger partial charge in [0.2, 0.25) is 0 Å². The van der Waals surface area contributed by atoms with Crippen molar-refractivity contribution in [1.29, 1.82) is 0 Å². The maximum Gasteiger partial charge on any atom is 0.139 e. The Morgan fingerprint density at radius 3 is 2.75 bits per heavy atom. The Labute approximate surface area is 119 Å². The minimum atomic E-state index is 0.168. The van der Waals surface area contributed by atoms with Crippen LogP contribution in [-0.4, -0.2) is 42.3 Å². The third kappa shape index (κ3) is 2.67. The van der Waals surface area contributed by atoms with E-state index in [-0.39, 0.29) is 6.10 Å². The molecule has 0 atom stereocenters. The number of fused-ring (bicyclic) bond motifs is 1. The van der Waals surface area contributed by atoms with Crippen LogP contribution in [0.1, 0.15) is 13.8 Å². The topological polar surface area (TPSA) is 50.3 Å². The highest BCUT2D eigenvalue weighted by atomic mass is 16.5. The summed E-state index contributed by atoms with van der Waals surface area (Å²) in [7, 11) is 0. The van der Waals surface area contributed by atoms with Gasteiger partial charge < -0.3 is 15.0 Å². The molecule has 0 bridgehead atoms. The van der Waals surface area contributed by atoms with E-state index >= 15 is 0 Å². The van der Waals surface area contributed by atoms with Crippen molar-refractivity contribution in [2.24, 2.45) is 0 Å². The van der Waals surface area contributed by atoms with Gasteiger partial charge in [0.25, 0.3) is 0 Å². The highest BCUT2D eigenvalue weighted by Gasteiger charge is 2.15. The van der Waals surface area contributed by atoms with Gasteiger partial charge in [-0.2, -0.15) is 0 Å². The van der Waals surface area contributed by atoms with Crippen LogP contribution in [0.2, 0.25) is 0 Å². The molecule has 0 unspecified atom stereocenters. The molecule has 0 spiro atoms. The van der Waals surface area contributed by atoms with E-state index in [1.807, 2.05) is 26.0 Å². The lowest BCUT2D eigenvalue weighted by Crippen LogP contribution is -2.44. The van der Waals surface area contributed by atoms with Gasteiger partial charge >= 0.3 is 0 Å². The SMILES string of the molecule is CC(C)Oc1ccc2c(N3CCNCC3)ncnc2c1. The Balaban J connectivity index is 1.97. The monoisotopic (exact) mass is 272 g/mol. The predicted molar refractivity (Wildman–Crippen MR) is 80.4 cm³/mol. The van der Waals surface area contributed by atoms with Crippen molar-refractivity contribution >= 4 is 16.7 Å². The van der Waals surface area contributed by atoms with E-state index in [2.05, 4.69) is 26.3 Å². The maximum atomic E-state index is 5.72. The first kappa shape index (κ1) is 13.1. The molecule has 1 N–H and O–H groups in total. The summed E-state index contributed by atoms with van der Waals surface area (Å²) in [5, 5.41) is 4.45. The summed E-state index contributed by atoms with van der Waals surface area (Å²) >= 11 is 0. The lowest BCUT2D eigenvalue weighted by molar-refractivity contribution is 0.242. The minimum absolute atomic E-state index is 0.168. The van der Waals surface area contributed by atoms with Crippen molar-refractivity contribution in [1.82, 2.24) is 15.3 Å². The molecule has 5 heteroatoms. The second-order valence-corrected chi connectivity index (χ2v) is 5.28. The summed E-state index contributed by atoms with van der Waals surface area (Å²) in [6, 6.07) is 6.05. The first-order chi connectivity index (χ1) is 9.74. The second kappa shape index (κ2) is 5.63. The molecule has 20 heavy (non-hydrogen) atoms. The molecule has 2 aromatic rings. The van der Waals surface area contributed by atoms with E-state index in [9.17, 15) is 0 Å². The van der Waals surface area contributed by atoms with Crippen LogP contribution in [-0.2, 0) is 0 Å². The number of benzene rings is 1. The smallest absolute Gasteiger partial charge is 0.139 e. The van der Waals surface area contributed by atoms with Gasteiger partial charge in [-0.25, -0.2) is 9.97 Å². The normalized spacial score (nSPS) is 15.8. The number of aromatic nitrogens is 2. The summed E-state index contributed by atoms with van der Waals surface area (Å²) in [6.07, 6.45) is 1.81. The van der Waals surface area contributed by atoms with Crippen molar-refractivity contribution in [2.75, 3.05) is 31.1 Å². The molecular weight excluding hydrogens is 252 g/mol. The molecule has 0 amide bonds. The van der Waals surface area contributed by atoms with Crippen molar-refractivity contribution in [2.45, 2.75) is 20.0 Å². The summed E-state index contributed by atoms with van der Waals surface area (Å²) < 4.78 is 5.72. The van der Waals surface area contributed by atoms with Crippen LogP contribution in [0, 0.1) is 0 Å². The van der Waals surface area contributed by atoms with Crippen LogP contribution in [0.25, 0.3) is 10.9 Å². The number of nitrogens with zero attached hydrogens (tertiary/aromatic N) is 3. The van der Waals surface area contributed by atoms with Crippen molar-refractivity contribution in [3.8, 4) is 5.75 Å². The molecule has 0 radical (unpaired) electrons. The number of nitrogens with one attached hydrogen (secondary N) is 1. The van der Waals surface area contributed by atoms with E-state index in [4.69, 9.17) is 4.74 Å². The largest absolute Gasteiger partial charge is 0.491 e. The zero-order chi connectivity index (χ0) is 13.9. The predicted octanol–water partition coefficient (Wildman–Crippen LogP) is 1.83. The lowest BCUT2D eigenvalue weighted by Gasteiger charge is -2.29. The highest BCUT2D eigenvalue weighted by molar-refractivity contribution is 5.90. The number of rotatable bonds is 3. The van der Waals surface area contributed by atoms with Gasteiger partial charge in [0.05, 0.1) is 11.6 Å². The quantitative estimate of drug-likeness (QED) is 0.923. The van der Waals surface area contributed by atoms with Gasteiger partial charge in [0, 0.05) is 37.6 Å². The average Bonchev–Trinajstić information content (AvgIpc) is 2.46. The van der Waals surface area contributed by atoms with Crippen molar-refractivity contribution in [3.05, 3.63) is 24.5 Å². The van der Waals surface area contributed by atoms with E-state index in [1.165, 1.54) is 0 Å². The van der Waals surface area contributed by atoms with Gasteiger partial charge in [-0.1, -0.05) is 0 Å². The Kier molecular flexibility index (Phi) is 3.69. The molecule has 0 aliphatic carbocycles. The van der Waals surface area contributed by atoms with E-state index in [0.717, 1.165) is 48.6 Å². The number of ether oxygens (including phenoxy) is 1. The molecule has 3 rings (SSSR count). The lowest BCUT2D eigenvalue weighted by atomic mass is 10.2. The Bertz CT molecular complexity index is 593. The summed E-state index contributed by atoms with van der Waals surface area (Å²) in [5.74, 6) is 1.88. The molecule has 1 aliphatic heterocycles. The van der Waals surface area contributed by atoms with E-state index in [0.29, 0.717) is 0 Å². The molecule has 1 saturated heterocycles. The maximum absolute atomic E-state index is 5.72. The Morgan fingerprint density at radius 2 is 2.00 bits per heavy atom. The van der Waals surface area contributed by atoms with Crippen LogP contribution >= 0.6 is 0 Å². The molecule has 1 fully saturated rings. The third-order valence-electron chi connectivity index (χ3n) is 3.38. The van der Waals surface area contributed by atoms with Gasteiger partial charge in [0.15, 0.2) is 0 Å². The molecule has 1 aromatic carbocycles. The van der Waals surface area contributed by atoms with E-state index in [1.54, 1.807) is 6.33 Å². The highest BCUT2D eigenvalue weighted by Crippen LogP contribution is 2.26. The first-order valence-corrected chi connectivity index (χ1v) is 7.11. The first-order valence-electron chi connectivity index (χ1n) is 7.11. The zero-order valence-corrected chi connectivity index (χ0v) is 12.0. The molecular formula is C15H20N4O. The summed E-state index contributed by atoms with van der Waals surface area (Å²) in [5.41, 5.74) is 0.937. The van der Waals surface area contributed by atoms with Gasteiger partial charge in [-0.15, -0.1) is 0 Å². The fourth-order valence-electron chi connectivity index (χ4n) is 2.50. The average molecular weight is 272 g/mol.